The van der Waals surface area contributed by atoms with Gasteiger partial charge in [-0.2, -0.15) is 0 Å². The van der Waals surface area contributed by atoms with Gasteiger partial charge in [-0.3, -0.25) is 0 Å². The zero-order valence-corrected chi connectivity index (χ0v) is 25.2. The van der Waals surface area contributed by atoms with Crippen molar-refractivity contribution in [3.8, 4) is 66.8 Å². The van der Waals surface area contributed by atoms with Crippen LogP contribution in [0, 0.1) is 13.8 Å². The second kappa shape index (κ2) is 12.0. The second-order valence-electron chi connectivity index (χ2n) is 11.4. The zero-order valence-electron chi connectivity index (χ0n) is 25.2. The number of aryl methyl sites for hydroxylation is 2. The third kappa shape index (κ3) is 5.27. The van der Waals surface area contributed by atoms with Crippen LogP contribution in [0.5, 0.6) is 0 Å². The van der Waals surface area contributed by atoms with E-state index in [1.54, 1.807) is 0 Å². The van der Waals surface area contributed by atoms with Crippen LogP contribution in [0.1, 0.15) is 11.1 Å². The molecule has 0 radical (unpaired) electrons. The van der Waals surface area contributed by atoms with E-state index in [1.807, 2.05) is 0 Å². The van der Waals surface area contributed by atoms with Crippen LogP contribution in [0.15, 0.2) is 170 Å². The molecule has 7 aromatic carbocycles. The Morgan fingerprint density at radius 2 is 0.500 bits per heavy atom. The van der Waals surface area contributed by atoms with Gasteiger partial charge in [-0.25, -0.2) is 0 Å². The first kappa shape index (κ1) is 27.4. The minimum Gasteiger partial charge on any atom is -0.0622 e. The summed E-state index contributed by atoms with van der Waals surface area (Å²) in [7, 11) is 0. The molecule has 0 unspecified atom stereocenters. The molecule has 210 valence electrons. The minimum atomic E-state index is 1.20. The van der Waals surface area contributed by atoms with Gasteiger partial charge < -0.3 is 0 Å². The predicted octanol–water partition coefficient (Wildman–Crippen LogP) is 12.3. The SMILES string of the molecule is Cc1ccccc1-c1ccccc1-c1cc(-c2ccccc2-c2ccccc2)cc(-c2ccccc2-c2ccccc2C)c1. The van der Waals surface area contributed by atoms with Crippen molar-refractivity contribution < 1.29 is 0 Å². The molecule has 0 aliphatic heterocycles. The Morgan fingerprint density at radius 3 is 0.886 bits per heavy atom. The molecule has 0 nitrogen and oxygen atoms in total. The zero-order chi connectivity index (χ0) is 29.9. The van der Waals surface area contributed by atoms with E-state index in [0.717, 1.165) is 0 Å². The van der Waals surface area contributed by atoms with Gasteiger partial charge in [-0.15, -0.1) is 0 Å². The normalized spacial score (nSPS) is 11.0. The van der Waals surface area contributed by atoms with Crippen molar-refractivity contribution >= 4 is 0 Å². The molecule has 0 N–H and O–H groups in total. The number of rotatable bonds is 6. The summed E-state index contributed by atoms with van der Waals surface area (Å²) in [5.41, 5.74) is 17.3. The van der Waals surface area contributed by atoms with E-state index in [1.165, 1.54) is 77.9 Å². The molecular formula is C44H34. The van der Waals surface area contributed by atoms with Gasteiger partial charge in [0.25, 0.3) is 0 Å². The fourth-order valence-electron chi connectivity index (χ4n) is 6.39. The topological polar surface area (TPSA) is 0 Å². The molecule has 44 heavy (non-hydrogen) atoms. The Hall–Kier alpha value is -5.46. The maximum absolute atomic E-state index is 2.38. The Bertz CT molecular complexity index is 1970. The molecule has 7 rings (SSSR count). The van der Waals surface area contributed by atoms with Crippen LogP contribution in [-0.4, -0.2) is 0 Å². The summed E-state index contributed by atoms with van der Waals surface area (Å²) in [6, 6.07) is 61.6. The smallest absolute Gasteiger partial charge is 0.0103 e. The van der Waals surface area contributed by atoms with Crippen LogP contribution in [0.2, 0.25) is 0 Å². The maximum Gasteiger partial charge on any atom is -0.0103 e. The molecule has 0 saturated heterocycles. The van der Waals surface area contributed by atoms with Gasteiger partial charge in [-0.05, 0) is 110 Å². The van der Waals surface area contributed by atoms with Crippen LogP contribution in [0.25, 0.3) is 66.8 Å². The van der Waals surface area contributed by atoms with Crippen molar-refractivity contribution in [3.05, 3.63) is 181 Å². The van der Waals surface area contributed by atoms with Gasteiger partial charge in [0.2, 0.25) is 0 Å². The maximum atomic E-state index is 2.38. The highest BCUT2D eigenvalue weighted by Crippen LogP contribution is 2.42. The average Bonchev–Trinajstić information content (AvgIpc) is 3.09. The third-order valence-corrected chi connectivity index (χ3v) is 8.60. The molecule has 0 bridgehead atoms. The lowest BCUT2D eigenvalue weighted by Gasteiger charge is -2.18. The standard InChI is InChI=1S/C44H34/c1-31-16-6-8-20-37(31)43-26-14-12-24-41(43)35-28-34(40-23-11-10-22-39(40)33-18-4-3-5-19-33)29-36(30-35)42-25-13-15-27-44(42)38-21-9-7-17-32(38)2/h3-30H,1-2H3. The van der Waals surface area contributed by atoms with Crippen molar-refractivity contribution in [3.63, 3.8) is 0 Å². The first-order valence-corrected chi connectivity index (χ1v) is 15.3. The molecule has 0 aromatic heterocycles. The second-order valence-corrected chi connectivity index (χ2v) is 11.4. The Labute approximate surface area is 261 Å². The molecule has 0 aliphatic rings. The molecule has 0 heterocycles. The van der Waals surface area contributed by atoms with Crippen LogP contribution >= 0.6 is 0 Å². The quantitative estimate of drug-likeness (QED) is 0.189. The van der Waals surface area contributed by atoms with Crippen molar-refractivity contribution in [2.75, 3.05) is 0 Å². The average molecular weight is 563 g/mol. The fraction of sp³-hybridized carbons (Fsp3) is 0.0455. The number of benzene rings is 7. The van der Waals surface area contributed by atoms with Crippen molar-refractivity contribution in [1.29, 1.82) is 0 Å². The molecule has 7 aromatic rings. The van der Waals surface area contributed by atoms with Crippen LogP contribution in [0.4, 0.5) is 0 Å². The number of hydrogen-bond acceptors (Lipinski definition) is 0. The Morgan fingerprint density at radius 1 is 0.227 bits per heavy atom. The molecule has 0 spiro atoms. The van der Waals surface area contributed by atoms with E-state index in [-0.39, 0.29) is 0 Å². The summed E-state index contributed by atoms with van der Waals surface area (Å²) in [6.07, 6.45) is 0. The number of hydrogen-bond donors (Lipinski definition) is 0. The monoisotopic (exact) mass is 562 g/mol. The Kier molecular flexibility index (Phi) is 7.49. The molecule has 0 aliphatic carbocycles. The molecule has 0 atom stereocenters. The summed E-state index contributed by atoms with van der Waals surface area (Å²) in [4.78, 5) is 0. The molecule has 0 fully saturated rings. The largest absolute Gasteiger partial charge is 0.0622 e. The van der Waals surface area contributed by atoms with E-state index in [2.05, 4.69) is 184 Å². The molecule has 0 saturated carbocycles. The van der Waals surface area contributed by atoms with Gasteiger partial charge in [0, 0.05) is 0 Å². The predicted molar refractivity (Wildman–Crippen MR) is 189 cm³/mol. The minimum absolute atomic E-state index is 1.20. The molecular weight excluding hydrogens is 528 g/mol. The molecule has 0 heteroatoms. The summed E-state index contributed by atoms with van der Waals surface area (Å²) < 4.78 is 0. The van der Waals surface area contributed by atoms with E-state index in [9.17, 15) is 0 Å². The van der Waals surface area contributed by atoms with Crippen molar-refractivity contribution in [1.82, 2.24) is 0 Å². The lowest BCUT2D eigenvalue weighted by molar-refractivity contribution is 1.45. The summed E-state index contributed by atoms with van der Waals surface area (Å²) in [6.45, 7) is 4.39. The Balaban J connectivity index is 1.51. The highest BCUT2D eigenvalue weighted by atomic mass is 14.2. The van der Waals surface area contributed by atoms with Gasteiger partial charge in [0.05, 0.1) is 0 Å². The first-order valence-electron chi connectivity index (χ1n) is 15.3. The highest BCUT2D eigenvalue weighted by Gasteiger charge is 2.16. The fourth-order valence-corrected chi connectivity index (χ4v) is 6.39. The van der Waals surface area contributed by atoms with Crippen molar-refractivity contribution in [2.24, 2.45) is 0 Å². The van der Waals surface area contributed by atoms with Crippen molar-refractivity contribution in [2.45, 2.75) is 13.8 Å². The van der Waals surface area contributed by atoms with Crippen LogP contribution < -0.4 is 0 Å². The highest BCUT2D eigenvalue weighted by molar-refractivity contribution is 5.94. The summed E-state index contributed by atoms with van der Waals surface area (Å²) in [5.74, 6) is 0. The first-order chi connectivity index (χ1) is 21.7. The molecule has 0 amide bonds. The lowest BCUT2D eigenvalue weighted by atomic mass is 9.85. The summed E-state index contributed by atoms with van der Waals surface area (Å²) in [5, 5.41) is 0. The van der Waals surface area contributed by atoms with E-state index >= 15 is 0 Å². The van der Waals surface area contributed by atoms with Crippen LogP contribution in [-0.2, 0) is 0 Å². The van der Waals surface area contributed by atoms with E-state index < -0.39 is 0 Å². The van der Waals surface area contributed by atoms with Crippen LogP contribution in [0.3, 0.4) is 0 Å². The van der Waals surface area contributed by atoms with E-state index in [0.29, 0.717) is 0 Å². The van der Waals surface area contributed by atoms with Gasteiger partial charge >= 0.3 is 0 Å². The summed E-state index contributed by atoms with van der Waals surface area (Å²) >= 11 is 0. The van der Waals surface area contributed by atoms with Gasteiger partial charge in [-0.1, -0.05) is 152 Å². The third-order valence-electron chi connectivity index (χ3n) is 8.60. The lowest BCUT2D eigenvalue weighted by Crippen LogP contribution is -1.93. The van der Waals surface area contributed by atoms with Gasteiger partial charge in [0.1, 0.15) is 0 Å². The van der Waals surface area contributed by atoms with Gasteiger partial charge in [0.15, 0.2) is 0 Å². The van der Waals surface area contributed by atoms with E-state index in [4.69, 9.17) is 0 Å².